The molecule has 1 N–H and O–H groups in total. The normalized spacial score (nSPS) is 16.8. The summed E-state index contributed by atoms with van der Waals surface area (Å²) in [4.78, 5) is 29.3. The highest BCUT2D eigenvalue weighted by Gasteiger charge is 2.26. The van der Waals surface area contributed by atoms with Crippen LogP contribution in [-0.4, -0.2) is 40.0 Å². The molecule has 1 amide bonds. The Morgan fingerprint density at radius 1 is 1.16 bits per heavy atom. The van der Waals surface area contributed by atoms with E-state index < -0.39 is 5.97 Å². The van der Waals surface area contributed by atoms with Gasteiger partial charge >= 0.3 is 5.97 Å². The minimum Gasteiger partial charge on any atom is -0.478 e. The van der Waals surface area contributed by atoms with Crippen LogP contribution in [0.1, 0.15) is 34.3 Å². The molecule has 130 valence electrons. The van der Waals surface area contributed by atoms with Gasteiger partial charge in [-0.2, -0.15) is 0 Å². The van der Waals surface area contributed by atoms with Crippen LogP contribution in [0.2, 0.25) is 0 Å². The molecule has 5 heteroatoms. The lowest BCUT2D eigenvalue weighted by molar-refractivity contribution is -0.130. The molecule has 1 aliphatic rings. The number of aromatic carboxylic acids is 1. The third kappa shape index (κ3) is 4.66. The number of aromatic nitrogens is 1. The minimum atomic E-state index is -0.905. The number of aryl methyl sites for hydroxylation is 1. The Balaban J connectivity index is 1.47. The van der Waals surface area contributed by atoms with Crippen molar-refractivity contribution < 1.29 is 14.7 Å². The topological polar surface area (TPSA) is 70.5 Å². The lowest BCUT2D eigenvalue weighted by Gasteiger charge is -2.16. The fourth-order valence-corrected chi connectivity index (χ4v) is 3.30. The molecule has 0 unspecified atom stereocenters. The van der Waals surface area contributed by atoms with Crippen molar-refractivity contribution in [1.82, 2.24) is 9.88 Å². The van der Waals surface area contributed by atoms with Crippen LogP contribution in [0.25, 0.3) is 0 Å². The van der Waals surface area contributed by atoms with Crippen LogP contribution in [0.5, 0.6) is 0 Å². The van der Waals surface area contributed by atoms with E-state index in [1.165, 1.54) is 0 Å². The molecule has 5 nitrogen and oxygen atoms in total. The molecular weight excluding hydrogens is 316 g/mol. The summed E-state index contributed by atoms with van der Waals surface area (Å²) < 4.78 is 0. The summed E-state index contributed by atoms with van der Waals surface area (Å²) in [5, 5.41) is 8.94. The summed E-state index contributed by atoms with van der Waals surface area (Å²) in [7, 11) is 0. The Hall–Kier alpha value is -2.69. The summed E-state index contributed by atoms with van der Waals surface area (Å²) in [5.74, 6) is -0.261. The zero-order valence-electron chi connectivity index (χ0n) is 14.1. The van der Waals surface area contributed by atoms with E-state index in [4.69, 9.17) is 5.11 Å². The summed E-state index contributed by atoms with van der Waals surface area (Å²) in [6.07, 6.45) is 6.67. The van der Waals surface area contributed by atoms with Crippen molar-refractivity contribution in [2.45, 2.75) is 25.7 Å². The van der Waals surface area contributed by atoms with Crippen LogP contribution in [0.3, 0.4) is 0 Å². The number of carbonyl (C=O) groups is 2. The van der Waals surface area contributed by atoms with Crippen molar-refractivity contribution in [3.63, 3.8) is 0 Å². The van der Waals surface area contributed by atoms with Gasteiger partial charge in [0.05, 0.1) is 5.56 Å². The van der Waals surface area contributed by atoms with Crippen molar-refractivity contribution in [1.29, 1.82) is 0 Å². The zero-order chi connectivity index (χ0) is 17.6. The number of carbonyl (C=O) groups excluding carboxylic acids is 1. The van der Waals surface area contributed by atoms with Gasteiger partial charge in [0.2, 0.25) is 5.91 Å². The Bertz CT molecular complexity index is 728. The second-order valence-electron chi connectivity index (χ2n) is 6.56. The molecule has 3 rings (SSSR count). The van der Waals surface area contributed by atoms with E-state index in [-0.39, 0.29) is 5.91 Å². The van der Waals surface area contributed by atoms with E-state index >= 15 is 0 Å². The van der Waals surface area contributed by atoms with Crippen LogP contribution in [0.15, 0.2) is 48.8 Å². The minimum absolute atomic E-state index is 0.201. The van der Waals surface area contributed by atoms with Crippen molar-refractivity contribution in [2.75, 3.05) is 13.1 Å². The number of hydrogen-bond donors (Lipinski definition) is 1. The van der Waals surface area contributed by atoms with Gasteiger partial charge in [0.15, 0.2) is 0 Å². The monoisotopic (exact) mass is 338 g/mol. The zero-order valence-corrected chi connectivity index (χ0v) is 14.1. The number of carboxylic acid groups (broad SMARTS) is 1. The summed E-state index contributed by atoms with van der Waals surface area (Å²) in [6.45, 7) is 1.59. The first-order chi connectivity index (χ1) is 12.1. The first kappa shape index (κ1) is 17.1. The van der Waals surface area contributed by atoms with Gasteiger partial charge in [0.1, 0.15) is 0 Å². The van der Waals surface area contributed by atoms with Crippen molar-refractivity contribution in [3.05, 3.63) is 65.5 Å². The average molecular weight is 338 g/mol. The maximum absolute atomic E-state index is 12.4. The van der Waals surface area contributed by atoms with Crippen LogP contribution in [0, 0.1) is 5.92 Å². The Morgan fingerprint density at radius 3 is 2.64 bits per heavy atom. The molecule has 1 aliphatic heterocycles. The molecule has 0 radical (unpaired) electrons. The van der Waals surface area contributed by atoms with Gasteiger partial charge in [0.25, 0.3) is 0 Å². The van der Waals surface area contributed by atoms with E-state index in [0.717, 1.165) is 43.5 Å². The Morgan fingerprint density at radius 2 is 1.96 bits per heavy atom. The van der Waals surface area contributed by atoms with Crippen molar-refractivity contribution in [3.8, 4) is 0 Å². The highest BCUT2D eigenvalue weighted by atomic mass is 16.4. The molecule has 2 aromatic rings. The van der Waals surface area contributed by atoms with Gasteiger partial charge < -0.3 is 10.0 Å². The Labute approximate surface area is 147 Å². The van der Waals surface area contributed by atoms with Gasteiger partial charge in [0, 0.05) is 31.9 Å². The number of hydrogen-bond acceptors (Lipinski definition) is 3. The molecule has 1 saturated heterocycles. The van der Waals surface area contributed by atoms with Crippen LogP contribution in [-0.2, 0) is 17.6 Å². The molecule has 0 saturated carbocycles. The summed E-state index contributed by atoms with van der Waals surface area (Å²) >= 11 is 0. The maximum Gasteiger partial charge on any atom is 0.335 e. The predicted molar refractivity (Wildman–Crippen MR) is 94.4 cm³/mol. The van der Waals surface area contributed by atoms with E-state index in [9.17, 15) is 9.59 Å². The molecule has 1 aromatic heterocycles. The van der Waals surface area contributed by atoms with E-state index in [0.29, 0.717) is 17.9 Å². The predicted octanol–water partition coefficient (Wildman–Crippen LogP) is 2.80. The van der Waals surface area contributed by atoms with Gasteiger partial charge in [-0.05, 0) is 54.5 Å². The van der Waals surface area contributed by atoms with Crippen molar-refractivity contribution >= 4 is 11.9 Å². The number of benzene rings is 1. The van der Waals surface area contributed by atoms with E-state index in [2.05, 4.69) is 4.98 Å². The van der Waals surface area contributed by atoms with Crippen LogP contribution >= 0.6 is 0 Å². The lowest BCUT2D eigenvalue weighted by atomic mass is 9.98. The largest absolute Gasteiger partial charge is 0.478 e. The number of pyridine rings is 1. The first-order valence-corrected chi connectivity index (χ1v) is 8.61. The molecular formula is C20H22N2O3. The fourth-order valence-electron chi connectivity index (χ4n) is 3.30. The van der Waals surface area contributed by atoms with Crippen LogP contribution in [0.4, 0.5) is 0 Å². The smallest absolute Gasteiger partial charge is 0.335 e. The van der Waals surface area contributed by atoms with Gasteiger partial charge in [-0.25, -0.2) is 4.79 Å². The van der Waals surface area contributed by atoms with Gasteiger partial charge in [-0.3, -0.25) is 9.78 Å². The fraction of sp³-hybridized carbons (Fsp3) is 0.350. The average Bonchev–Trinajstić information content (AvgIpc) is 3.09. The molecule has 0 bridgehead atoms. The van der Waals surface area contributed by atoms with E-state index in [1.807, 2.05) is 29.2 Å². The van der Waals surface area contributed by atoms with Gasteiger partial charge in [-0.15, -0.1) is 0 Å². The van der Waals surface area contributed by atoms with Crippen LogP contribution < -0.4 is 0 Å². The van der Waals surface area contributed by atoms with E-state index in [1.54, 1.807) is 24.5 Å². The summed E-state index contributed by atoms with van der Waals surface area (Å²) in [5.41, 5.74) is 2.52. The highest BCUT2D eigenvalue weighted by molar-refractivity contribution is 5.87. The molecule has 25 heavy (non-hydrogen) atoms. The standard InChI is InChI=1S/C20H22N2O3/c23-19(8-5-16-2-1-10-21-13-16)22-11-9-17(14-22)12-15-3-6-18(7-4-15)20(24)25/h1-4,6-7,10,13,17H,5,8-9,11-12,14H2,(H,24,25)/t17-/m0/s1. The van der Waals surface area contributed by atoms with Gasteiger partial charge in [-0.1, -0.05) is 18.2 Å². The molecule has 1 aromatic carbocycles. The second-order valence-corrected chi connectivity index (χ2v) is 6.56. The number of nitrogens with zero attached hydrogens (tertiary/aromatic N) is 2. The third-order valence-corrected chi connectivity index (χ3v) is 4.71. The SMILES string of the molecule is O=C(O)c1ccc(C[C@@H]2CCN(C(=O)CCc3cccnc3)C2)cc1. The second kappa shape index (κ2) is 7.92. The Kier molecular flexibility index (Phi) is 5.43. The number of carboxylic acids is 1. The first-order valence-electron chi connectivity index (χ1n) is 8.61. The number of amides is 1. The molecule has 0 spiro atoms. The lowest BCUT2D eigenvalue weighted by Crippen LogP contribution is -2.29. The molecule has 0 aliphatic carbocycles. The quantitative estimate of drug-likeness (QED) is 0.879. The van der Waals surface area contributed by atoms with Crippen molar-refractivity contribution in [2.24, 2.45) is 5.92 Å². The highest BCUT2D eigenvalue weighted by Crippen LogP contribution is 2.22. The maximum atomic E-state index is 12.4. The molecule has 1 atom stereocenters. The number of rotatable bonds is 6. The number of likely N-dealkylation sites (tertiary alicyclic amines) is 1. The third-order valence-electron chi connectivity index (χ3n) is 4.71. The summed E-state index contributed by atoms with van der Waals surface area (Å²) in [6, 6.07) is 10.9. The molecule has 1 fully saturated rings. The molecule has 2 heterocycles.